The molecule has 0 spiro atoms. The molecule has 84 valence electrons. The third-order valence-corrected chi connectivity index (χ3v) is 2.77. The first-order chi connectivity index (χ1) is 7.25. The highest BCUT2D eigenvalue weighted by molar-refractivity contribution is 5.04. The van der Waals surface area contributed by atoms with Crippen LogP contribution in [-0.4, -0.2) is 24.2 Å². The predicted molar refractivity (Wildman–Crippen MR) is 56.7 cm³/mol. The minimum atomic E-state index is 0.311. The van der Waals surface area contributed by atoms with Crippen molar-refractivity contribution < 1.29 is 9.15 Å². The van der Waals surface area contributed by atoms with Crippen molar-refractivity contribution in [2.45, 2.75) is 39.4 Å². The first-order valence-electron chi connectivity index (χ1n) is 5.51. The summed E-state index contributed by atoms with van der Waals surface area (Å²) in [5.74, 6) is 1.57. The standard InChI is InChI=1S/C11H18N2O2/c1-8-9(2)15-11(13-8)7-14-10-4-3-5-12-6-10/h10,12H,3-7H2,1-2H3/t10-/m0/s1. The van der Waals surface area contributed by atoms with Gasteiger partial charge in [0.1, 0.15) is 12.4 Å². The van der Waals surface area contributed by atoms with Gasteiger partial charge in [0.15, 0.2) is 0 Å². The number of aryl methyl sites for hydroxylation is 2. The van der Waals surface area contributed by atoms with Crippen LogP contribution >= 0.6 is 0 Å². The SMILES string of the molecule is Cc1nc(CO[C@H]2CCCNC2)oc1C. The lowest BCUT2D eigenvalue weighted by Crippen LogP contribution is -2.35. The molecule has 1 aromatic heterocycles. The summed E-state index contributed by atoms with van der Waals surface area (Å²) in [6.45, 7) is 6.41. The minimum absolute atomic E-state index is 0.311. The van der Waals surface area contributed by atoms with E-state index in [1.54, 1.807) is 0 Å². The van der Waals surface area contributed by atoms with Crippen LogP contribution < -0.4 is 5.32 Å². The monoisotopic (exact) mass is 210 g/mol. The van der Waals surface area contributed by atoms with Crippen LogP contribution in [0.2, 0.25) is 0 Å². The molecule has 1 atom stereocenters. The van der Waals surface area contributed by atoms with Crippen LogP contribution in [0.5, 0.6) is 0 Å². The lowest BCUT2D eigenvalue weighted by molar-refractivity contribution is 0.0143. The molecule has 0 amide bonds. The zero-order valence-electron chi connectivity index (χ0n) is 9.38. The van der Waals surface area contributed by atoms with E-state index in [1.165, 1.54) is 6.42 Å². The van der Waals surface area contributed by atoms with Crippen LogP contribution in [0.1, 0.15) is 30.2 Å². The number of aromatic nitrogens is 1. The number of rotatable bonds is 3. The minimum Gasteiger partial charge on any atom is -0.443 e. The first-order valence-corrected chi connectivity index (χ1v) is 5.51. The van der Waals surface area contributed by atoms with Crippen LogP contribution in [0.15, 0.2) is 4.42 Å². The van der Waals surface area contributed by atoms with Gasteiger partial charge < -0.3 is 14.5 Å². The summed E-state index contributed by atoms with van der Waals surface area (Å²) in [7, 11) is 0. The molecule has 0 unspecified atom stereocenters. The average molecular weight is 210 g/mol. The van der Waals surface area contributed by atoms with E-state index in [4.69, 9.17) is 9.15 Å². The van der Waals surface area contributed by atoms with E-state index in [0.717, 1.165) is 31.0 Å². The lowest BCUT2D eigenvalue weighted by Gasteiger charge is -2.22. The molecule has 0 aliphatic carbocycles. The maximum Gasteiger partial charge on any atom is 0.220 e. The molecule has 1 aliphatic rings. The Labute approximate surface area is 90.0 Å². The summed E-state index contributed by atoms with van der Waals surface area (Å²) in [5, 5.41) is 3.31. The number of nitrogens with one attached hydrogen (secondary N) is 1. The second-order valence-corrected chi connectivity index (χ2v) is 4.03. The number of piperidine rings is 1. The van der Waals surface area contributed by atoms with Gasteiger partial charge in [-0.25, -0.2) is 4.98 Å². The molecule has 0 bridgehead atoms. The largest absolute Gasteiger partial charge is 0.443 e. The second kappa shape index (κ2) is 4.77. The number of oxazole rings is 1. The van der Waals surface area contributed by atoms with E-state index in [2.05, 4.69) is 10.3 Å². The molecule has 2 rings (SSSR count). The summed E-state index contributed by atoms with van der Waals surface area (Å²) in [6, 6.07) is 0. The van der Waals surface area contributed by atoms with Crippen LogP contribution in [0.3, 0.4) is 0 Å². The van der Waals surface area contributed by atoms with E-state index in [0.29, 0.717) is 18.6 Å². The quantitative estimate of drug-likeness (QED) is 0.822. The first kappa shape index (κ1) is 10.6. The van der Waals surface area contributed by atoms with Gasteiger partial charge in [0.2, 0.25) is 5.89 Å². The third-order valence-electron chi connectivity index (χ3n) is 2.77. The molecule has 0 saturated carbocycles. The maximum atomic E-state index is 5.72. The second-order valence-electron chi connectivity index (χ2n) is 4.03. The Bertz CT molecular complexity index is 297. The van der Waals surface area contributed by atoms with Gasteiger partial charge in [-0.2, -0.15) is 0 Å². The van der Waals surface area contributed by atoms with E-state index in [1.807, 2.05) is 13.8 Å². The summed E-state index contributed by atoms with van der Waals surface area (Å²) >= 11 is 0. The van der Waals surface area contributed by atoms with Crippen molar-refractivity contribution in [1.82, 2.24) is 10.3 Å². The molecular weight excluding hydrogens is 192 g/mol. The summed E-state index contributed by atoms with van der Waals surface area (Å²) < 4.78 is 11.2. The molecule has 4 heteroatoms. The van der Waals surface area contributed by atoms with Crippen molar-refractivity contribution >= 4 is 0 Å². The molecule has 15 heavy (non-hydrogen) atoms. The van der Waals surface area contributed by atoms with Gasteiger partial charge in [-0.15, -0.1) is 0 Å². The van der Waals surface area contributed by atoms with Gasteiger partial charge in [-0.1, -0.05) is 0 Å². The molecule has 2 heterocycles. The smallest absolute Gasteiger partial charge is 0.220 e. The van der Waals surface area contributed by atoms with Gasteiger partial charge in [-0.05, 0) is 33.2 Å². The highest BCUT2D eigenvalue weighted by atomic mass is 16.5. The Balaban J connectivity index is 1.81. The number of ether oxygens (including phenoxy) is 1. The van der Waals surface area contributed by atoms with Crippen molar-refractivity contribution in [1.29, 1.82) is 0 Å². The van der Waals surface area contributed by atoms with Gasteiger partial charge in [0.05, 0.1) is 11.8 Å². The van der Waals surface area contributed by atoms with E-state index in [-0.39, 0.29) is 0 Å². The maximum absolute atomic E-state index is 5.72. The summed E-state index contributed by atoms with van der Waals surface area (Å²) in [4.78, 5) is 4.28. The Morgan fingerprint density at radius 1 is 1.53 bits per heavy atom. The predicted octanol–water partition coefficient (Wildman–Crippen LogP) is 1.56. The van der Waals surface area contributed by atoms with Crippen molar-refractivity contribution in [3.05, 3.63) is 17.3 Å². The van der Waals surface area contributed by atoms with Gasteiger partial charge in [0.25, 0.3) is 0 Å². The molecule has 1 N–H and O–H groups in total. The third kappa shape index (κ3) is 2.79. The fourth-order valence-electron chi connectivity index (χ4n) is 1.75. The van der Waals surface area contributed by atoms with Crippen LogP contribution in [0.25, 0.3) is 0 Å². The molecule has 4 nitrogen and oxygen atoms in total. The van der Waals surface area contributed by atoms with Crippen molar-refractivity contribution in [2.24, 2.45) is 0 Å². The molecule has 1 saturated heterocycles. The lowest BCUT2D eigenvalue weighted by atomic mass is 10.1. The fourth-order valence-corrected chi connectivity index (χ4v) is 1.75. The Hall–Kier alpha value is -0.870. The summed E-state index contributed by atoms with van der Waals surface area (Å²) in [5.41, 5.74) is 0.954. The van der Waals surface area contributed by atoms with E-state index in [9.17, 15) is 0 Å². The van der Waals surface area contributed by atoms with Crippen molar-refractivity contribution in [3.63, 3.8) is 0 Å². The molecular formula is C11H18N2O2. The summed E-state index contributed by atoms with van der Waals surface area (Å²) in [6.07, 6.45) is 2.63. The Morgan fingerprint density at radius 2 is 2.40 bits per heavy atom. The number of nitrogens with zero attached hydrogens (tertiary/aromatic N) is 1. The number of hydrogen-bond donors (Lipinski definition) is 1. The van der Waals surface area contributed by atoms with Gasteiger partial charge in [0, 0.05) is 6.54 Å². The normalized spacial score (nSPS) is 21.9. The Morgan fingerprint density at radius 3 is 3.00 bits per heavy atom. The molecule has 0 radical (unpaired) electrons. The molecule has 0 aromatic carbocycles. The van der Waals surface area contributed by atoms with E-state index >= 15 is 0 Å². The van der Waals surface area contributed by atoms with Gasteiger partial charge in [-0.3, -0.25) is 0 Å². The van der Waals surface area contributed by atoms with Crippen molar-refractivity contribution in [2.75, 3.05) is 13.1 Å². The average Bonchev–Trinajstić information content (AvgIpc) is 2.57. The fraction of sp³-hybridized carbons (Fsp3) is 0.727. The molecule has 1 aliphatic heterocycles. The molecule has 1 aromatic rings. The van der Waals surface area contributed by atoms with E-state index < -0.39 is 0 Å². The van der Waals surface area contributed by atoms with Crippen LogP contribution in [-0.2, 0) is 11.3 Å². The van der Waals surface area contributed by atoms with Crippen LogP contribution in [0, 0.1) is 13.8 Å². The van der Waals surface area contributed by atoms with Crippen LogP contribution in [0.4, 0.5) is 0 Å². The number of hydrogen-bond acceptors (Lipinski definition) is 4. The zero-order valence-corrected chi connectivity index (χ0v) is 9.38. The highest BCUT2D eigenvalue weighted by Gasteiger charge is 2.14. The molecule has 1 fully saturated rings. The Kier molecular flexibility index (Phi) is 3.38. The van der Waals surface area contributed by atoms with Gasteiger partial charge >= 0.3 is 0 Å². The highest BCUT2D eigenvalue weighted by Crippen LogP contribution is 2.12. The van der Waals surface area contributed by atoms with Crippen molar-refractivity contribution in [3.8, 4) is 0 Å². The zero-order chi connectivity index (χ0) is 10.7. The topological polar surface area (TPSA) is 47.3 Å².